The molecule has 3 unspecified atom stereocenters. The summed E-state index contributed by atoms with van der Waals surface area (Å²) >= 11 is 0. The fourth-order valence-corrected chi connectivity index (χ4v) is 2.31. The zero-order valence-electron chi connectivity index (χ0n) is 10.4. The molecular formula is C12H26N2O. The topological polar surface area (TPSA) is 38.5 Å². The molecule has 0 aromatic rings. The Bertz CT molecular complexity index is 175. The van der Waals surface area contributed by atoms with Crippen molar-refractivity contribution in [2.24, 2.45) is 5.73 Å². The van der Waals surface area contributed by atoms with Crippen LogP contribution < -0.4 is 5.73 Å². The highest BCUT2D eigenvalue weighted by molar-refractivity contribution is 4.84. The van der Waals surface area contributed by atoms with Gasteiger partial charge in [-0.05, 0) is 39.8 Å². The Hall–Kier alpha value is -0.120. The molecule has 0 saturated carbocycles. The van der Waals surface area contributed by atoms with Crippen LogP contribution in [0.2, 0.25) is 0 Å². The maximum Gasteiger partial charge on any atom is 0.0746 e. The van der Waals surface area contributed by atoms with Crippen LogP contribution in [0, 0.1) is 0 Å². The molecule has 0 radical (unpaired) electrons. The normalized spacial score (nSPS) is 28.6. The van der Waals surface area contributed by atoms with Crippen LogP contribution in [0.15, 0.2) is 0 Å². The first-order chi connectivity index (χ1) is 7.19. The number of hydrogen-bond donors (Lipinski definition) is 1. The molecule has 15 heavy (non-hydrogen) atoms. The summed E-state index contributed by atoms with van der Waals surface area (Å²) in [6.07, 6.45) is 5.61. The number of ether oxygens (including phenoxy) is 1. The van der Waals surface area contributed by atoms with Gasteiger partial charge in [0.15, 0.2) is 0 Å². The molecule has 90 valence electrons. The van der Waals surface area contributed by atoms with Crippen molar-refractivity contribution in [3.05, 3.63) is 0 Å². The van der Waals surface area contributed by atoms with Crippen molar-refractivity contribution in [3.8, 4) is 0 Å². The third kappa shape index (κ3) is 3.74. The summed E-state index contributed by atoms with van der Waals surface area (Å²) in [5.74, 6) is 0. The van der Waals surface area contributed by atoms with Gasteiger partial charge in [-0.15, -0.1) is 0 Å². The van der Waals surface area contributed by atoms with Crippen LogP contribution in [0.25, 0.3) is 0 Å². The highest BCUT2D eigenvalue weighted by Crippen LogP contribution is 2.23. The van der Waals surface area contributed by atoms with Gasteiger partial charge in [-0.25, -0.2) is 0 Å². The molecular weight excluding hydrogens is 188 g/mol. The quantitative estimate of drug-likeness (QED) is 0.730. The van der Waals surface area contributed by atoms with E-state index in [2.05, 4.69) is 25.8 Å². The maximum absolute atomic E-state index is 5.89. The standard InChI is InChI=1S/C12H26N2O/c1-4-5-8-14(3)11(9-13)12-7-6-10(2)15-12/h10-12H,4-9,13H2,1-3H3. The fourth-order valence-electron chi connectivity index (χ4n) is 2.31. The Morgan fingerprint density at radius 1 is 1.47 bits per heavy atom. The summed E-state index contributed by atoms with van der Waals surface area (Å²) in [4.78, 5) is 2.37. The molecule has 0 amide bonds. The minimum absolute atomic E-state index is 0.354. The molecule has 0 aromatic carbocycles. The highest BCUT2D eigenvalue weighted by Gasteiger charge is 2.30. The zero-order chi connectivity index (χ0) is 11.3. The van der Waals surface area contributed by atoms with Gasteiger partial charge in [0.1, 0.15) is 0 Å². The molecule has 0 spiro atoms. The van der Waals surface area contributed by atoms with Crippen LogP contribution in [0.5, 0.6) is 0 Å². The molecule has 3 atom stereocenters. The van der Waals surface area contributed by atoms with Gasteiger partial charge in [0.2, 0.25) is 0 Å². The number of rotatable bonds is 6. The van der Waals surface area contributed by atoms with E-state index < -0.39 is 0 Å². The van der Waals surface area contributed by atoms with Crippen LogP contribution >= 0.6 is 0 Å². The van der Waals surface area contributed by atoms with E-state index in [1.165, 1.54) is 25.7 Å². The van der Waals surface area contributed by atoms with Crippen molar-refractivity contribution in [1.82, 2.24) is 4.90 Å². The Balaban J connectivity index is 2.40. The first kappa shape index (κ1) is 12.9. The van der Waals surface area contributed by atoms with Gasteiger partial charge in [-0.2, -0.15) is 0 Å². The smallest absolute Gasteiger partial charge is 0.0746 e. The predicted molar refractivity (Wildman–Crippen MR) is 63.9 cm³/mol. The number of unbranched alkanes of at least 4 members (excludes halogenated alkanes) is 1. The minimum Gasteiger partial charge on any atom is -0.374 e. The molecule has 3 nitrogen and oxygen atoms in total. The lowest BCUT2D eigenvalue weighted by molar-refractivity contribution is 0.00261. The Labute approximate surface area is 94.0 Å². The van der Waals surface area contributed by atoms with Crippen molar-refractivity contribution in [3.63, 3.8) is 0 Å². The fraction of sp³-hybridized carbons (Fsp3) is 1.00. The second-order valence-electron chi connectivity index (χ2n) is 4.70. The largest absolute Gasteiger partial charge is 0.374 e. The number of nitrogens with two attached hydrogens (primary N) is 1. The van der Waals surface area contributed by atoms with E-state index in [0.29, 0.717) is 24.8 Å². The molecule has 0 aliphatic carbocycles. The van der Waals surface area contributed by atoms with E-state index in [-0.39, 0.29) is 0 Å². The average Bonchev–Trinajstić information content (AvgIpc) is 2.63. The van der Waals surface area contributed by atoms with Gasteiger partial charge in [0, 0.05) is 12.6 Å². The summed E-state index contributed by atoms with van der Waals surface area (Å²) in [6, 6.07) is 0.404. The zero-order valence-corrected chi connectivity index (χ0v) is 10.4. The summed E-state index contributed by atoms with van der Waals surface area (Å²) in [5, 5.41) is 0. The van der Waals surface area contributed by atoms with Crippen molar-refractivity contribution in [1.29, 1.82) is 0 Å². The highest BCUT2D eigenvalue weighted by atomic mass is 16.5. The molecule has 1 aliphatic heterocycles. The van der Waals surface area contributed by atoms with Crippen molar-refractivity contribution < 1.29 is 4.74 Å². The van der Waals surface area contributed by atoms with Gasteiger partial charge in [0.25, 0.3) is 0 Å². The molecule has 1 aliphatic rings. The van der Waals surface area contributed by atoms with E-state index in [1.807, 2.05) is 0 Å². The van der Waals surface area contributed by atoms with Gasteiger partial charge >= 0.3 is 0 Å². The second kappa shape index (κ2) is 6.46. The van der Waals surface area contributed by atoms with Crippen LogP contribution in [-0.4, -0.2) is 43.3 Å². The van der Waals surface area contributed by atoms with E-state index in [4.69, 9.17) is 10.5 Å². The predicted octanol–water partition coefficient (Wildman–Crippen LogP) is 1.61. The van der Waals surface area contributed by atoms with Crippen molar-refractivity contribution in [2.75, 3.05) is 20.1 Å². The molecule has 1 rings (SSSR count). The number of nitrogens with zero attached hydrogens (tertiary/aromatic N) is 1. The molecule has 1 saturated heterocycles. The maximum atomic E-state index is 5.89. The molecule has 0 aromatic heterocycles. The average molecular weight is 214 g/mol. The van der Waals surface area contributed by atoms with Crippen LogP contribution in [0.1, 0.15) is 39.5 Å². The van der Waals surface area contributed by atoms with Gasteiger partial charge in [-0.1, -0.05) is 13.3 Å². The number of hydrogen-bond acceptors (Lipinski definition) is 3. The Kier molecular flexibility index (Phi) is 5.58. The lowest BCUT2D eigenvalue weighted by Crippen LogP contribution is -2.46. The van der Waals surface area contributed by atoms with Crippen LogP contribution in [-0.2, 0) is 4.74 Å². The van der Waals surface area contributed by atoms with E-state index >= 15 is 0 Å². The van der Waals surface area contributed by atoms with Crippen LogP contribution in [0.4, 0.5) is 0 Å². The SMILES string of the molecule is CCCCN(C)C(CN)C1CCC(C)O1. The molecule has 0 bridgehead atoms. The molecule has 1 fully saturated rings. The Morgan fingerprint density at radius 3 is 2.67 bits per heavy atom. The van der Waals surface area contributed by atoms with Gasteiger partial charge in [-0.3, -0.25) is 4.90 Å². The Morgan fingerprint density at radius 2 is 2.20 bits per heavy atom. The summed E-state index contributed by atoms with van der Waals surface area (Å²) in [7, 11) is 2.17. The third-order valence-corrected chi connectivity index (χ3v) is 3.37. The first-order valence-corrected chi connectivity index (χ1v) is 6.24. The summed E-state index contributed by atoms with van der Waals surface area (Å²) in [6.45, 7) is 6.21. The van der Waals surface area contributed by atoms with E-state index in [1.54, 1.807) is 0 Å². The third-order valence-electron chi connectivity index (χ3n) is 3.37. The molecule has 3 heteroatoms. The lowest BCUT2D eigenvalue weighted by Gasteiger charge is -2.31. The van der Waals surface area contributed by atoms with Gasteiger partial charge < -0.3 is 10.5 Å². The van der Waals surface area contributed by atoms with Crippen molar-refractivity contribution >= 4 is 0 Å². The number of likely N-dealkylation sites (N-methyl/N-ethyl adjacent to an activating group) is 1. The molecule has 1 heterocycles. The van der Waals surface area contributed by atoms with E-state index in [0.717, 1.165) is 6.54 Å². The second-order valence-corrected chi connectivity index (χ2v) is 4.70. The monoisotopic (exact) mass is 214 g/mol. The lowest BCUT2D eigenvalue weighted by atomic mass is 10.1. The summed E-state index contributed by atoms with van der Waals surface area (Å²) < 4.78 is 5.89. The first-order valence-electron chi connectivity index (χ1n) is 6.24. The molecule has 2 N–H and O–H groups in total. The van der Waals surface area contributed by atoms with Crippen LogP contribution in [0.3, 0.4) is 0 Å². The van der Waals surface area contributed by atoms with Gasteiger partial charge in [0.05, 0.1) is 12.2 Å². The summed E-state index contributed by atoms with van der Waals surface area (Å²) in [5.41, 5.74) is 5.85. The van der Waals surface area contributed by atoms with Crippen molar-refractivity contribution in [2.45, 2.75) is 57.8 Å². The minimum atomic E-state index is 0.354. The van der Waals surface area contributed by atoms with E-state index in [9.17, 15) is 0 Å².